The van der Waals surface area contributed by atoms with Gasteiger partial charge in [0.2, 0.25) is 0 Å². The molecular formula is C6H12NO3+. The van der Waals surface area contributed by atoms with E-state index in [2.05, 4.69) is 4.84 Å². The highest BCUT2D eigenvalue weighted by Gasteiger charge is 2.11. The van der Waals surface area contributed by atoms with E-state index in [-0.39, 0.29) is 18.1 Å². The molecular weight excluding hydrogens is 134 g/mol. The molecule has 0 aliphatic rings. The normalized spacial score (nSPS) is 12.3. The summed E-state index contributed by atoms with van der Waals surface area (Å²) in [7, 11) is 2.94. The summed E-state index contributed by atoms with van der Waals surface area (Å²) in [5.41, 5.74) is 0. The molecule has 0 aromatic rings. The van der Waals surface area contributed by atoms with E-state index in [0.29, 0.717) is 0 Å². The minimum atomic E-state index is -0.0959. The van der Waals surface area contributed by atoms with Crippen LogP contribution in [0.15, 0.2) is 0 Å². The van der Waals surface area contributed by atoms with Crippen molar-refractivity contribution < 1.29 is 19.5 Å². The van der Waals surface area contributed by atoms with E-state index in [1.54, 1.807) is 0 Å². The Labute approximate surface area is 59.7 Å². The van der Waals surface area contributed by atoms with Gasteiger partial charge in [0.25, 0.3) is 0 Å². The van der Waals surface area contributed by atoms with Gasteiger partial charge in [-0.05, 0) is 6.92 Å². The molecule has 0 aromatic carbocycles. The van der Waals surface area contributed by atoms with Crippen LogP contribution in [0, 0.1) is 0 Å². The fourth-order valence-corrected chi connectivity index (χ4v) is 0.439. The van der Waals surface area contributed by atoms with E-state index < -0.39 is 0 Å². The molecule has 0 saturated heterocycles. The first-order chi connectivity index (χ1) is 4.57. The molecule has 0 radical (unpaired) electrons. The van der Waals surface area contributed by atoms with Crippen LogP contribution in [0.2, 0.25) is 0 Å². The number of Topliss-reactive ketones (excluding diaryl/α,β-unsaturated/α-hetero) is 1. The van der Waals surface area contributed by atoms with Gasteiger partial charge in [0.15, 0.2) is 7.05 Å². The number of hydrogen-bond donors (Lipinski definition) is 1. The first kappa shape index (κ1) is 8.94. The van der Waals surface area contributed by atoms with Crippen LogP contribution in [0.1, 0.15) is 13.3 Å². The highest BCUT2D eigenvalue weighted by Crippen LogP contribution is 1.83. The lowest BCUT2D eigenvalue weighted by molar-refractivity contribution is -0.765. The lowest BCUT2D eigenvalue weighted by Gasteiger charge is -1.92. The topological polar surface area (TPSA) is 49.5 Å². The van der Waals surface area contributed by atoms with E-state index in [9.17, 15) is 4.79 Å². The molecule has 0 aliphatic heterocycles. The highest BCUT2D eigenvalue weighted by atomic mass is 16.7. The molecule has 0 fully saturated rings. The summed E-state index contributed by atoms with van der Waals surface area (Å²) < 4.78 is 1.14. The Morgan fingerprint density at radius 1 is 1.70 bits per heavy atom. The molecule has 0 heterocycles. The predicted octanol–water partition coefficient (Wildman–Crippen LogP) is 0.126. The van der Waals surface area contributed by atoms with Crippen molar-refractivity contribution in [3.05, 3.63) is 0 Å². The Balaban J connectivity index is 4.04. The van der Waals surface area contributed by atoms with Crippen molar-refractivity contribution >= 4 is 11.7 Å². The predicted molar refractivity (Wildman–Crippen MR) is 36.1 cm³/mol. The first-order valence-corrected chi connectivity index (χ1v) is 2.90. The molecule has 0 spiro atoms. The maximum Gasteiger partial charge on any atom is 0.389 e. The number of ketones is 1. The summed E-state index contributed by atoms with van der Waals surface area (Å²) in [5, 5.41) is 8.98. The van der Waals surface area contributed by atoms with Crippen molar-refractivity contribution in [2.24, 2.45) is 0 Å². The maximum atomic E-state index is 10.4. The Morgan fingerprint density at radius 3 is 2.50 bits per heavy atom. The van der Waals surface area contributed by atoms with Crippen molar-refractivity contribution in [1.29, 1.82) is 0 Å². The third-order valence-electron chi connectivity index (χ3n) is 1.04. The zero-order valence-electron chi connectivity index (χ0n) is 6.42. The molecule has 0 bridgehead atoms. The number of hydroxylamine groups is 1. The summed E-state index contributed by atoms with van der Waals surface area (Å²) in [6.45, 7) is 1.40. The van der Waals surface area contributed by atoms with E-state index >= 15 is 0 Å². The Morgan fingerprint density at radius 2 is 2.20 bits per heavy atom. The number of rotatable bonds is 3. The minimum Gasteiger partial charge on any atom is -0.460 e. The van der Waals surface area contributed by atoms with E-state index in [0.717, 1.165) is 4.74 Å². The second-order valence-electron chi connectivity index (χ2n) is 1.98. The Hall–Kier alpha value is -1.06. The Bertz CT molecular complexity index is 162. The largest absolute Gasteiger partial charge is 0.460 e. The standard InChI is InChI=1S/C6H11NO3/c1-5(8)4-6(9)7(2)10-3/h4H2,1-3H3/p+1. The van der Waals surface area contributed by atoms with Gasteiger partial charge in [-0.2, -0.15) is 0 Å². The van der Waals surface area contributed by atoms with Crippen LogP contribution in [0.4, 0.5) is 0 Å². The second-order valence-corrected chi connectivity index (χ2v) is 1.98. The average molecular weight is 146 g/mol. The first-order valence-electron chi connectivity index (χ1n) is 2.90. The monoisotopic (exact) mass is 146 g/mol. The number of hydrogen-bond acceptors (Lipinski definition) is 2. The maximum absolute atomic E-state index is 10.4. The number of carbonyl (C=O) groups is 1. The number of aliphatic hydroxyl groups is 1. The third-order valence-corrected chi connectivity index (χ3v) is 1.04. The molecule has 1 N–H and O–H groups in total. The van der Waals surface area contributed by atoms with Crippen molar-refractivity contribution in [2.45, 2.75) is 13.3 Å². The summed E-state index contributed by atoms with van der Waals surface area (Å²) in [6.07, 6.45) is 0.0182. The van der Waals surface area contributed by atoms with Crippen LogP contribution < -0.4 is 0 Å². The summed E-state index contributed by atoms with van der Waals surface area (Å²) >= 11 is 0. The molecule has 0 aromatic heterocycles. The van der Waals surface area contributed by atoms with Crippen molar-refractivity contribution in [2.75, 3.05) is 14.2 Å². The van der Waals surface area contributed by atoms with Gasteiger partial charge >= 0.3 is 5.90 Å². The molecule has 0 amide bonds. The van der Waals surface area contributed by atoms with Gasteiger partial charge in [0.1, 0.15) is 19.3 Å². The quantitative estimate of drug-likeness (QED) is 0.266. The van der Waals surface area contributed by atoms with Crippen LogP contribution >= 0.6 is 0 Å². The molecule has 0 atom stereocenters. The molecule has 58 valence electrons. The zero-order valence-corrected chi connectivity index (χ0v) is 6.42. The summed E-state index contributed by atoms with van der Waals surface area (Å²) in [6, 6.07) is 0. The van der Waals surface area contributed by atoms with Gasteiger partial charge in [-0.15, -0.1) is 0 Å². The average Bonchev–Trinajstić information content (AvgIpc) is 1.85. The SMILES string of the molecule is CO[N+](C)=C(O)CC(C)=O. The molecule has 0 unspecified atom stereocenters. The van der Waals surface area contributed by atoms with Crippen LogP contribution in [-0.2, 0) is 9.63 Å². The van der Waals surface area contributed by atoms with Gasteiger partial charge in [-0.25, -0.2) is 0 Å². The molecule has 0 rings (SSSR count). The van der Waals surface area contributed by atoms with Crippen molar-refractivity contribution in [1.82, 2.24) is 0 Å². The summed E-state index contributed by atoms with van der Waals surface area (Å²) in [4.78, 5) is 15.0. The van der Waals surface area contributed by atoms with Crippen LogP contribution in [-0.4, -0.2) is 35.7 Å². The summed E-state index contributed by atoms with van der Waals surface area (Å²) in [5.74, 6) is -0.170. The highest BCUT2D eigenvalue weighted by molar-refractivity contribution is 5.93. The lowest BCUT2D eigenvalue weighted by atomic mass is 10.3. The van der Waals surface area contributed by atoms with Crippen molar-refractivity contribution in [3.63, 3.8) is 0 Å². The van der Waals surface area contributed by atoms with E-state index in [4.69, 9.17) is 5.11 Å². The number of aliphatic hydroxyl groups excluding tert-OH is 1. The van der Waals surface area contributed by atoms with Crippen LogP contribution in [0.5, 0.6) is 0 Å². The lowest BCUT2D eigenvalue weighted by Crippen LogP contribution is -2.18. The fraction of sp³-hybridized carbons (Fsp3) is 0.667. The van der Waals surface area contributed by atoms with E-state index in [1.807, 2.05) is 0 Å². The van der Waals surface area contributed by atoms with Crippen molar-refractivity contribution in [3.8, 4) is 0 Å². The number of carbonyl (C=O) groups excluding carboxylic acids is 1. The van der Waals surface area contributed by atoms with Gasteiger partial charge in [-0.1, -0.05) is 0 Å². The molecule has 4 nitrogen and oxygen atoms in total. The van der Waals surface area contributed by atoms with Crippen LogP contribution in [0.25, 0.3) is 0 Å². The molecule has 0 saturated carbocycles. The number of nitrogens with zero attached hydrogens (tertiary/aromatic N) is 1. The minimum absolute atomic E-state index is 0.0182. The smallest absolute Gasteiger partial charge is 0.389 e. The van der Waals surface area contributed by atoms with Crippen LogP contribution in [0.3, 0.4) is 0 Å². The van der Waals surface area contributed by atoms with Gasteiger partial charge in [0, 0.05) is 4.74 Å². The molecule has 4 heteroatoms. The van der Waals surface area contributed by atoms with Gasteiger partial charge in [0.05, 0.1) is 0 Å². The molecule has 0 aliphatic carbocycles. The fourth-order valence-electron chi connectivity index (χ4n) is 0.439. The third kappa shape index (κ3) is 3.06. The van der Waals surface area contributed by atoms with E-state index in [1.165, 1.54) is 21.1 Å². The Kier molecular flexibility index (Phi) is 3.46. The van der Waals surface area contributed by atoms with Gasteiger partial charge < -0.3 is 5.11 Å². The second kappa shape index (κ2) is 3.87. The zero-order chi connectivity index (χ0) is 8.15. The molecule has 10 heavy (non-hydrogen) atoms. The van der Waals surface area contributed by atoms with Gasteiger partial charge in [-0.3, -0.25) is 9.63 Å².